The molecule has 1 atom stereocenters. The fourth-order valence-corrected chi connectivity index (χ4v) is 3.77. The summed E-state index contributed by atoms with van der Waals surface area (Å²) in [6.45, 7) is 1.55. The minimum atomic E-state index is -4.64. The minimum absolute atomic E-state index is 0.0129. The van der Waals surface area contributed by atoms with E-state index in [0.717, 1.165) is 48.4 Å². The van der Waals surface area contributed by atoms with Gasteiger partial charge in [0.15, 0.2) is 0 Å². The molecule has 6 nitrogen and oxygen atoms in total. The van der Waals surface area contributed by atoms with Crippen LogP contribution in [-0.4, -0.2) is 22.0 Å². The molecule has 27 heavy (non-hydrogen) atoms. The monoisotopic (exact) mass is 403 g/mol. The van der Waals surface area contributed by atoms with Gasteiger partial charge in [0.1, 0.15) is 0 Å². The number of alkyl halides is 3. The van der Waals surface area contributed by atoms with Crippen molar-refractivity contribution in [2.75, 3.05) is 11.1 Å². The normalized spacial score (nSPS) is 16.8. The molecule has 0 saturated heterocycles. The van der Waals surface area contributed by atoms with Crippen molar-refractivity contribution >= 4 is 22.9 Å². The van der Waals surface area contributed by atoms with Gasteiger partial charge in [0.25, 0.3) is 5.56 Å². The average Bonchev–Trinajstić information content (AvgIpc) is 3.09. The molecule has 1 aliphatic carbocycles. The zero-order chi connectivity index (χ0) is 19.8. The van der Waals surface area contributed by atoms with Crippen LogP contribution in [0.15, 0.2) is 21.7 Å². The molecule has 1 saturated carbocycles. The van der Waals surface area contributed by atoms with E-state index in [9.17, 15) is 22.8 Å². The van der Waals surface area contributed by atoms with Gasteiger partial charge in [0.05, 0.1) is 28.7 Å². The first-order valence-corrected chi connectivity index (χ1v) is 9.79. The number of H-pyrrole nitrogens is 1. The van der Waals surface area contributed by atoms with E-state index < -0.39 is 29.1 Å². The lowest BCUT2D eigenvalue weighted by Crippen LogP contribution is -2.39. The minimum Gasteiger partial charge on any atom is -0.371 e. The predicted octanol–water partition coefficient (Wildman–Crippen LogP) is 3.55. The molecular weight excluding hydrogens is 383 g/mol. The van der Waals surface area contributed by atoms with Gasteiger partial charge < -0.3 is 9.72 Å². The number of aromatic nitrogens is 2. The molecule has 2 N–H and O–H groups in total. The Kier molecular flexibility index (Phi) is 5.57. The van der Waals surface area contributed by atoms with Crippen molar-refractivity contribution in [2.45, 2.75) is 51.0 Å². The molecule has 1 aliphatic rings. The Morgan fingerprint density at radius 3 is 2.56 bits per heavy atom. The highest BCUT2D eigenvalue weighted by atomic mass is 32.2. The molecule has 0 radical (unpaired) electrons. The summed E-state index contributed by atoms with van der Waals surface area (Å²) in [6, 6.07) is 1.99. The van der Waals surface area contributed by atoms with Crippen molar-refractivity contribution in [1.29, 1.82) is 0 Å². The summed E-state index contributed by atoms with van der Waals surface area (Å²) in [6.07, 6.45) is -0.314. The molecule has 148 valence electrons. The van der Waals surface area contributed by atoms with Gasteiger partial charge in [0, 0.05) is 6.26 Å². The third kappa shape index (κ3) is 4.01. The Hall–Kier alpha value is -1.94. The molecule has 1 unspecified atom stereocenters. The van der Waals surface area contributed by atoms with Crippen LogP contribution in [0.25, 0.3) is 10.9 Å². The van der Waals surface area contributed by atoms with Gasteiger partial charge in [-0.25, -0.2) is 4.79 Å². The van der Waals surface area contributed by atoms with E-state index in [2.05, 4.69) is 9.82 Å². The lowest BCUT2D eigenvalue weighted by molar-refractivity contribution is -0.139. The molecule has 0 aliphatic heterocycles. The maximum atomic E-state index is 13.6. The highest BCUT2D eigenvalue weighted by Crippen LogP contribution is 2.38. The first kappa shape index (κ1) is 19.8. The van der Waals surface area contributed by atoms with Crippen molar-refractivity contribution in [3.05, 3.63) is 44.1 Å². The fraction of sp³-hybridized carbons (Fsp3) is 0.529. The first-order chi connectivity index (χ1) is 12.7. The van der Waals surface area contributed by atoms with Crippen LogP contribution < -0.4 is 16.1 Å². The number of nitrogens with zero attached hydrogens (tertiary/aromatic N) is 1. The summed E-state index contributed by atoms with van der Waals surface area (Å²) in [4.78, 5) is 29.4. The molecule has 1 aromatic carbocycles. The number of nitrogens with one attached hydrogen (secondary N) is 2. The average molecular weight is 403 g/mol. The van der Waals surface area contributed by atoms with E-state index in [0.29, 0.717) is 0 Å². The van der Waals surface area contributed by atoms with Gasteiger partial charge in [-0.2, -0.15) is 17.8 Å². The number of aromatic amines is 1. The molecule has 2 aromatic rings. The number of benzene rings is 1. The van der Waals surface area contributed by atoms with Crippen LogP contribution in [0, 0.1) is 0 Å². The molecule has 0 bridgehead atoms. The standard InChI is InChI=1S/C17H20F3N3O3S/c1-9(26-10-5-3-4-6-10)11-7-12-14(8-13(11)17(18,19)20)21-16(25)23(15(12)24)22-27-2/h7-10,22H,3-6H2,1-2H3,(H,21,25). The SMILES string of the molecule is CSNn1c(=O)[nH]c2cc(C(F)(F)F)c(C(C)OC3CCCC3)cc2c1=O. The van der Waals surface area contributed by atoms with Crippen LogP contribution in [0.2, 0.25) is 0 Å². The lowest BCUT2D eigenvalue weighted by atomic mass is 9.99. The maximum absolute atomic E-state index is 13.6. The summed E-state index contributed by atoms with van der Waals surface area (Å²) >= 11 is 1.02. The summed E-state index contributed by atoms with van der Waals surface area (Å²) in [5.74, 6) is 0. The molecule has 0 spiro atoms. The quantitative estimate of drug-likeness (QED) is 0.747. The third-order valence-corrected chi connectivity index (χ3v) is 5.06. The van der Waals surface area contributed by atoms with E-state index in [-0.39, 0.29) is 22.6 Å². The van der Waals surface area contributed by atoms with Gasteiger partial charge >= 0.3 is 11.9 Å². The molecule has 1 aromatic heterocycles. The second-order valence-corrected chi connectivity index (χ2v) is 7.12. The Morgan fingerprint density at radius 2 is 1.96 bits per heavy atom. The number of halogens is 3. The second kappa shape index (κ2) is 7.59. The van der Waals surface area contributed by atoms with E-state index >= 15 is 0 Å². The predicted molar refractivity (Wildman–Crippen MR) is 98.5 cm³/mol. The molecule has 10 heteroatoms. The molecule has 1 heterocycles. The van der Waals surface area contributed by atoms with E-state index in [1.54, 1.807) is 13.2 Å². The second-order valence-electron chi connectivity index (χ2n) is 6.53. The summed E-state index contributed by atoms with van der Waals surface area (Å²) in [7, 11) is 0. The van der Waals surface area contributed by atoms with Gasteiger partial charge in [-0.15, -0.1) is 0 Å². The van der Waals surface area contributed by atoms with Crippen LogP contribution in [0.5, 0.6) is 0 Å². The number of hydrogen-bond donors (Lipinski definition) is 2. The Balaban J connectivity index is 2.16. The number of ether oxygens (including phenoxy) is 1. The van der Waals surface area contributed by atoms with E-state index in [1.165, 1.54) is 6.07 Å². The van der Waals surface area contributed by atoms with Crippen LogP contribution in [0.1, 0.15) is 49.8 Å². The summed E-state index contributed by atoms with van der Waals surface area (Å²) in [5, 5.41) is -0.0129. The largest absolute Gasteiger partial charge is 0.416 e. The first-order valence-electron chi connectivity index (χ1n) is 8.57. The van der Waals surface area contributed by atoms with Crippen molar-refractivity contribution in [2.24, 2.45) is 0 Å². The Morgan fingerprint density at radius 1 is 1.30 bits per heavy atom. The number of rotatable bonds is 5. The van der Waals surface area contributed by atoms with Crippen molar-refractivity contribution in [1.82, 2.24) is 9.66 Å². The molecular formula is C17H20F3N3O3S. The van der Waals surface area contributed by atoms with Gasteiger partial charge in [-0.3, -0.25) is 9.63 Å². The highest BCUT2D eigenvalue weighted by molar-refractivity contribution is 7.99. The Bertz CT molecular complexity index is 949. The van der Waals surface area contributed by atoms with Crippen LogP contribution in [0.4, 0.5) is 13.2 Å². The van der Waals surface area contributed by atoms with Gasteiger partial charge in [-0.1, -0.05) is 12.8 Å². The lowest BCUT2D eigenvalue weighted by Gasteiger charge is -2.23. The van der Waals surface area contributed by atoms with Crippen LogP contribution in [-0.2, 0) is 10.9 Å². The molecule has 3 rings (SSSR count). The van der Waals surface area contributed by atoms with E-state index in [4.69, 9.17) is 4.74 Å². The highest BCUT2D eigenvalue weighted by Gasteiger charge is 2.36. The fourth-order valence-electron chi connectivity index (χ4n) is 3.42. The van der Waals surface area contributed by atoms with Crippen molar-refractivity contribution in [3.8, 4) is 0 Å². The Labute approximate surface area is 157 Å². The van der Waals surface area contributed by atoms with Gasteiger partial charge in [-0.05, 0) is 49.4 Å². The van der Waals surface area contributed by atoms with Crippen LogP contribution in [0.3, 0.4) is 0 Å². The van der Waals surface area contributed by atoms with Crippen LogP contribution >= 0.6 is 11.9 Å². The zero-order valence-corrected chi connectivity index (χ0v) is 15.7. The number of hydrogen-bond acceptors (Lipinski definition) is 5. The molecule has 1 fully saturated rings. The molecule has 0 amide bonds. The third-order valence-electron chi connectivity index (χ3n) is 4.69. The van der Waals surface area contributed by atoms with Crippen molar-refractivity contribution in [3.63, 3.8) is 0 Å². The summed E-state index contributed by atoms with van der Waals surface area (Å²) in [5.41, 5.74) is -2.73. The van der Waals surface area contributed by atoms with E-state index in [1.807, 2.05) is 0 Å². The maximum Gasteiger partial charge on any atom is 0.416 e. The zero-order valence-electron chi connectivity index (χ0n) is 14.9. The van der Waals surface area contributed by atoms with Gasteiger partial charge in [0.2, 0.25) is 0 Å². The topological polar surface area (TPSA) is 76.1 Å². The number of fused-ring (bicyclic) bond motifs is 1. The summed E-state index contributed by atoms with van der Waals surface area (Å²) < 4.78 is 47.4. The smallest absolute Gasteiger partial charge is 0.371 e. The van der Waals surface area contributed by atoms with Crippen molar-refractivity contribution < 1.29 is 17.9 Å².